The summed E-state index contributed by atoms with van der Waals surface area (Å²) in [5.74, 6) is 0.557. The van der Waals surface area contributed by atoms with Crippen LogP contribution >= 0.6 is 11.8 Å². The highest BCUT2D eigenvalue weighted by atomic mass is 32.2. The van der Waals surface area contributed by atoms with Crippen LogP contribution in [0, 0.1) is 11.3 Å². The standard InChI is InChI=1S/C7H13NS.C2H6/c1-4-7(6(2)3)9-5-8;1-2/h4-6,8H,1-3H3;1-2H3/b7-4-,8-5?;. The number of hydrogen-bond donors (Lipinski definition) is 1. The Balaban J connectivity index is 0. The van der Waals surface area contributed by atoms with E-state index in [1.54, 1.807) is 0 Å². The van der Waals surface area contributed by atoms with E-state index in [1.165, 1.54) is 22.2 Å². The molecule has 0 amide bonds. The summed E-state index contributed by atoms with van der Waals surface area (Å²) in [5.41, 5.74) is 1.37. The van der Waals surface area contributed by atoms with E-state index in [4.69, 9.17) is 5.41 Å². The second-order valence-electron chi connectivity index (χ2n) is 2.08. The van der Waals surface area contributed by atoms with Crippen molar-refractivity contribution in [3.63, 3.8) is 0 Å². The molecule has 11 heavy (non-hydrogen) atoms. The summed E-state index contributed by atoms with van der Waals surface area (Å²) in [7, 11) is 0. The van der Waals surface area contributed by atoms with Crippen molar-refractivity contribution in [3.05, 3.63) is 11.0 Å². The molecule has 66 valence electrons. The zero-order valence-electron chi connectivity index (χ0n) is 8.14. The van der Waals surface area contributed by atoms with Gasteiger partial charge in [0.25, 0.3) is 0 Å². The first-order chi connectivity index (χ1) is 5.22. The summed E-state index contributed by atoms with van der Waals surface area (Å²) in [6.45, 7) is 10.3. The van der Waals surface area contributed by atoms with E-state index in [0.717, 1.165) is 0 Å². The zero-order chi connectivity index (χ0) is 9.28. The van der Waals surface area contributed by atoms with Crippen LogP contribution in [0.4, 0.5) is 0 Å². The smallest absolute Gasteiger partial charge is 0.0551 e. The Morgan fingerprint density at radius 1 is 1.36 bits per heavy atom. The van der Waals surface area contributed by atoms with Gasteiger partial charge in [0.1, 0.15) is 0 Å². The van der Waals surface area contributed by atoms with E-state index < -0.39 is 0 Å². The third-order valence-corrected chi connectivity index (χ3v) is 2.15. The Morgan fingerprint density at radius 2 is 1.82 bits per heavy atom. The van der Waals surface area contributed by atoms with Gasteiger partial charge in [0, 0.05) is 0 Å². The van der Waals surface area contributed by atoms with Crippen molar-refractivity contribution in [2.75, 3.05) is 0 Å². The molecular weight excluding hydrogens is 154 g/mol. The van der Waals surface area contributed by atoms with Crippen molar-refractivity contribution < 1.29 is 0 Å². The Labute approximate surface area is 74.8 Å². The Bertz CT molecular complexity index is 117. The van der Waals surface area contributed by atoms with Gasteiger partial charge in [0.15, 0.2) is 0 Å². The first-order valence-electron chi connectivity index (χ1n) is 4.04. The predicted molar refractivity (Wildman–Crippen MR) is 56.3 cm³/mol. The highest BCUT2D eigenvalue weighted by molar-refractivity contribution is 8.15. The first-order valence-corrected chi connectivity index (χ1v) is 4.92. The van der Waals surface area contributed by atoms with E-state index in [1.807, 2.05) is 20.8 Å². The molecule has 0 saturated heterocycles. The molecule has 0 aliphatic heterocycles. The molecule has 0 aromatic heterocycles. The minimum absolute atomic E-state index is 0.557. The SMILES string of the molecule is C/C=C(\SC=N)C(C)C.CC. The molecule has 0 unspecified atom stereocenters. The van der Waals surface area contributed by atoms with Crippen LogP contribution < -0.4 is 0 Å². The molecule has 0 aliphatic carbocycles. The van der Waals surface area contributed by atoms with Gasteiger partial charge in [-0.05, 0) is 17.7 Å². The fourth-order valence-corrected chi connectivity index (χ4v) is 1.15. The van der Waals surface area contributed by atoms with Crippen LogP contribution in [0.1, 0.15) is 34.6 Å². The Kier molecular flexibility index (Phi) is 11.9. The summed E-state index contributed by atoms with van der Waals surface area (Å²) in [4.78, 5) is 1.27. The van der Waals surface area contributed by atoms with Gasteiger partial charge >= 0.3 is 0 Å². The monoisotopic (exact) mass is 173 g/mol. The van der Waals surface area contributed by atoms with Gasteiger partial charge in [0.05, 0.1) is 5.55 Å². The van der Waals surface area contributed by atoms with Gasteiger partial charge in [-0.1, -0.05) is 45.5 Å². The molecular formula is C9H19NS. The van der Waals surface area contributed by atoms with Crippen LogP contribution in [0.3, 0.4) is 0 Å². The van der Waals surface area contributed by atoms with Gasteiger partial charge in [-0.25, -0.2) is 0 Å². The summed E-state index contributed by atoms with van der Waals surface area (Å²) in [6.07, 6.45) is 2.06. The average Bonchev–Trinajstić information content (AvgIpc) is 2.03. The van der Waals surface area contributed by atoms with Crippen molar-refractivity contribution in [2.24, 2.45) is 5.92 Å². The zero-order valence-corrected chi connectivity index (χ0v) is 8.96. The summed E-state index contributed by atoms with van der Waals surface area (Å²) < 4.78 is 0. The summed E-state index contributed by atoms with van der Waals surface area (Å²) in [5, 5.41) is 6.83. The number of hydrogen-bond acceptors (Lipinski definition) is 2. The topological polar surface area (TPSA) is 23.9 Å². The Morgan fingerprint density at radius 3 is 1.91 bits per heavy atom. The lowest BCUT2D eigenvalue weighted by Crippen LogP contribution is -1.87. The maximum Gasteiger partial charge on any atom is 0.0551 e. The largest absolute Gasteiger partial charge is 0.302 e. The van der Waals surface area contributed by atoms with Crippen molar-refractivity contribution in [3.8, 4) is 0 Å². The fraction of sp³-hybridized carbons (Fsp3) is 0.667. The Hall–Kier alpha value is -0.240. The van der Waals surface area contributed by atoms with Crippen molar-refractivity contribution >= 4 is 17.3 Å². The number of nitrogens with one attached hydrogen (secondary N) is 1. The number of allylic oxidation sites excluding steroid dienone is 2. The van der Waals surface area contributed by atoms with E-state index in [2.05, 4.69) is 19.9 Å². The molecule has 0 heterocycles. The first kappa shape index (κ1) is 13.4. The molecule has 0 atom stereocenters. The molecule has 0 aliphatic rings. The molecule has 0 bridgehead atoms. The third kappa shape index (κ3) is 7.66. The van der Waals surface area contributed by atoms with Crippen LogP contribution in [0.25, 0.3) is 0 Å². The lowest BCUT2D eigenvalue weighted by Gasteiger charge is -2.04. The minimum atomic E-state index is 0.557. The minimum Gasteiger partial charge on any atom is -0.302 e. The molecule has 0 spiro atoms. The molecule has 1 nitrogen and oxygen atoms in total. The average molecular weight is 173 g/mol. The molecule has 0 aromatic rings. The molecule has 0 fully saturated rings. The second kappa shape index (κ2) is 9.76. The molecule has 0 radical (unpaired) electrons. The maximum absolute atomic E-state index is 6.83. The van der Waals surface area contributed by atoms with Crippen molar-refractivity contribution in [2.45, 2.75) is 34.6 Å². The van der Waals surface area contributed by atoms with E-state index >= 15 is 0 Å². The van der Waals surface area contributed by atoms with Gasteiger partial charge in [0.2, 0.25) is 0 Å². The lowest BCUT2D eigenvalue weighted by atomic mass is 10.2. The van der Waals surface area contributed by atoms with Crippen molar-refractivity contribution in [1.29, 1.82) is 5.41 Å². The van der Waals surface area contributed by atoms with E-state index in [0.29, 0.717) is 5.92 Å². The summed E-state index contributed by atoms with van der Waals surface area (Å²) >= 11 is 1.49. The quantitative estimate of drug-likeness (QED) is 0.507. The lowest BCUT2D eigenvalue weighted by molar-refractivity contribution is 0.816. The third-order valence-electron chi connectivity index (χ3n) is 1.05. The van der Waals surface area contributed by atoms with Crippen molar-refractivity contribution in [1.82, 2.24) is 0 Å². The van der Waals surface area contributed by atoms with Crippen LogP contribution in [0.15, 0.2) is 11.0 Å². The van der Waals surface area contributed by atoms with Crippen LogP contribution in [-0.2, 0) is 0 Å². The molecule has 1 N–H and O–H groups in total. The molecule has 0 rings (SSSR count). The molecule has 0 saturated carbocycles. The molecule has 2 heteroatoms. The van der Waals surface area contributed by atoms with Gasteiger partial charge < -0.3 is 5.41 Å². The predicted octanol–water partition coefficient (Wildman–Crippen LogP) is 3.91. The van der Waals surface area contributed by atoms with E-state index in [9.17, 15) is 0 Å². The van der Waals surface area contributed by atoms with Gasteiger partial charge in [-0.15, -0.1) is 0 Å². The summed E-state index contributed by atoms with van der Waals surface area (Å²) in [6, 6.07) is 0. The highest BCUT2D eigenvalue weighted by Gasteiger charge is 1.98. The van der Waals surface area contributed by atoms with Gasteiger partial charge in [-0.2, -0.15) is 0 Å². The fourth-order valence-electron chi connectivity index (χ4n) is 0.605. The van der Waals surface area contributed by atoms with E-state index in [-0.39, 0.29) is 0 Å². The second-order valence-corrected chi connectivity index (χ2v) is 3.02. The van der Waals surface area contributed by atoms with Crippen LogP contribution in [-0.4, -0.2) is 5.55 Å². The number of thioether (sulfide) groups is 1. The van der Waals surface area contributed by atoms with Crippen LogP contribution in [0.2, 0.25) is 0 Å². The number of rotatable bonds is 3. The van der Waals surface area contributed by atoms with Gasteiger partial charge in [-0.3, -0.25) is 0 Å². The van der Waals surface area contributed by atoms with Crippen LogP contribution in [0.5, 0.6) is 0 Å². The maximum atomic E-state index is 6.83. The normalized spacial score (nSPS) is 10.5. The molecule has 0 aromatic carbocycles. The highest BCUT2D eigenvalue weighted by Crippen LogP contribution is 2.20.